The number of methoxy groups -OCH3 is 2. The molecule has 6 nitrogen and oxygen atoms in total. The van der Waals surface area contributed by atoms with Crippen molar-refractivity contribution in [3.05, 3.63) is 71.8 Å². The first kappa shape index (κ1) is 21.8. The van der Waals surface area contributed by atoms with Gasteiger partial charge in [-0.1, -0.05) is 25.3 Å². The number of hydrogen-bond acceptors (Lipinski definition) is 6. The third kappa shape index (κ3) is 5.72. The van der Waals surface area contributed by atoms with E-state index in [1.54, 1.807) is 38.1 Å². The summed E-state index contributed by atoms with van der Waals surface area (Å²) in [6.45, 7) is 10.3. The van der Waals surface area contributed by atoms with Crippen molar-refractivity contribution in [2.75, 3.05) is 14.2 Å². The molecule has 0 aliphatic carbocycles. The van der Waals surface area contributed by atoms with Crippen LogP contribution >= 0.6 is 0 Å². The Morgan fingerprint density at radius 3 is 1.41 bits per heavy atom. The van der Waals surface area contributed by atoms with Crippen molar-refractivity contribution in [2.45, 2.75) is 20.3 Å². The lowest BCUT2D eigenvalue weighted by molar-refractivity contribution is -0.131. The topological polar surface area (TPSA) is 71.1 Å². The van der Waals surface area contributed by atoms with Gasteiger partial charge < -0.3 is 18.9 Å². The predicted octanol–water partition coefficient (Wildman–Crippen LogP) is 4.26. The van der Waals surface area contributed by atoms with Crippen LogP contribution in [0.4, 0.5) is 0 Å². The molecule has 0 radical (unpaired) electrons. The van der Waals surface area contributed by atoms with Gasteiger partial charge in [0.25, 0.3) is 0 Å². The highest BCUT2D eigenvalue weighted by Crippen LogP contribution is 2.32. The minimum atomic E-state index is -0.513. The van der Waals surface area contributed by atoms with Crippen LogP contribution in [-0.2, 0) is 16.0 Å². The maximum atomic E-state index is 11.7. The molecule has 2 rings (SSSR count). The standard InChI is InChI=1S/C23H24O6/c1-14(2)22(24)28-18-9-7-16(12-20(18)26-5)11-17-8-10-19(21(13-17)27-6)29-23(25)15(3)4/h7-10,12-13H,1,3,11H2,2,4-6H3. The van der Waals surface area contributed by atoms with Gasteiger partial charge in [0.1, 0.15) is 0 Å². The van der Waals surface area contributed by atoms with Crippen LogP contribution in [0.5, 0.6) is 23.0 Å². The van der Waals surface area contributed by atoms with E-state index < -0.39 is 11.9 Å². The number of benzene rings is 2. The van der Waals surface area contributed by atoms with E-state index in [0.29, 0.717) is 40.6 Å². The van der Waals surface area contributed by atoms with Gasteiger partial charge in [0.15, 0.2) is 23.0 Å². The summed E-state index contributed by atoms with van der Waals surface area (Å²) in [4.78, 5) is 23.5. The highest BCUT2D eigenvalue weighted by molar-refractivity contribution is 5.89. The second-order valence-corrected chi connectivity index (χ2v) is 6.49. The molecule has 0 aliphatic heterocycles. The van der Waals surface area contributed by atoms with Crippen LogP contribution in [0, 0.1) is 0 Å². The Hall–Kier alpha value is -3.54. The first-order valence-electron chi connectivity index (χ1n) is 8.84. The summed E-state index contributed by atoms with van der Waals surface area (Å²) in [6, 6.07) is 10.6. The van der Waals surface area contributed by atoms with Gasteiger partial charge in [-0.05, 0) is 55.7 Å². The zero-order valence-electron chi connectivity index (χ0n) is 17.0. The monoisotopic (exact) mass is 396 g/mol. The van der Waals surface area contributed by atoms with Crippen LogP contribution in [-0.4, -0.2) is 26.2 Å². The second kappa shape index (κ2) is 9.59. The third-order valence-electron chi connectivity index (χ3n) is 3.97. The molecule has 152 valence electrons. The van der Waals surface area contributed by atoms with Gasteiger partial charge in [-0.15, -0.1) is 0 Å². The fourth-order valence-corrected chi connectivity index (χ4v) is 2.42. The summed E-state index contributed by atoms with van der Waals surface area (Å²) in [7, 11) is 3.01. The van der Waals surface area contributed by atoms with E-state index >= 15 is 0 Å². The fourth-order valence-electron chi connectivity index (χ4n) is 2.42. The molecule has 0 aliphatic rings. The van der Waals surface area contributed by atoms with Crippen LogP contribution in [0.15, 0.2) is 60.7 Å². The Morgan fingerprint density at radius 2 is 1.10 bits per heavy atom. The lowest BCUT2D eigenvalue weighted by Crippen LogP contribution is -2.09. The maximum Gasteiger partial charge on any atom is 0.338 e. The quantitative estimate of drug-likeness (QED) is 0.377. The molecule has 0 atom stereocenters. The molecule has 0 saturated heterocycles. The molecule has 2 aromatic rings. The van der Waals surface area contributed by atoms with E-state index in [-0.39, 0.29) is 0 Å². The molecule has 0 N–H and O–H groups in total. The molecule has 0 unspecified atom stereocenters. The van der Waals surface area contributed by atoms with E-state index in [1.807, 2.05) is 12.1 Å². The van der Waals surface area contributed by atoms with Crippen LogP contribution in [0.2, 0.25) is 0 Å². The van der Waals surface area contributed by atoms with Crippen molar-refractivity contribution < 1.29 is 28.5 Å². The van der Waals surface area contributed by atoms with Crippen molar-refractivity contribution >= 4 is 11.9 Å². The Bertz CT molecular complexity index is 880. The van der Waals surface area contributed by atoms with Crippen LogP contribution in [0.25, 0.3) is 0 Å². The molecule has 2 aromatic carbocycles. The molecule has 0 saturated carbocycles. The molecule has 0 fully saturated rings. The highest BCUT2D eigenvalue weighted by atomic mass is 16.6. The molecule has 0 amide bonds. The van der Waals surface area contributed by atoms with Gasteiger partial charge in [0, 0.05) is 11.1 Å². The molecule has 0 aromatic heterocycles. The van der Waals surface area contributed by atoms with Gasteiger partial charge in [-0.25, -0.2) is 9.59 Å². The van der Waals surface area contributed by atoms with E-state index in [0.717, 1.165) is 11.1 Å². The van der Waals surface area contributed by atoms with Crippen LogP contribution in [0.3, 0.4) is 0 Å². The van der Waals surface area contributed by atoms with Gasteiger partial charge in [-0.2, -0.15) is 0 Å². The van der Waals surface area contributed by atoms with Crippen LogP contribution in [0.1, 0.15) is 25.0 Å². The molecule has 0 spiro atoms. The molecule has 6 heteroatoms. The fraction of sp³-hybridized carbons (Fsp3) is 0.217. The summed E-state index contributed by atoms with van der Waals surface area (Å²) in [6.07, 6.45) is 0.566. The zero-order chi connectivity index (χ0) is 21.6. The number of carbonyl (C=O) groups is 2. The zero-order valence-corrected chi connectivity index (χ0v) is 17.0. The number of hydrogen-bond donors (Lipinski definition) is 0. The Labute approximate surface area is 170 Å². The average molecular weight is 396 g/mol. The average Bonchev–Trinajstić information content (AvgIpc) is 2.69. The van der Waals surface area contributed by atoms with Crippen molar-refractivity contribution in [1.82, 2.24) is 0 Å². The predicted molar refractivity (Wildman–Crippen MR) is 110 cm³/mol. The van der Waals surface area contributed by atoms with Crippen LogP contribution < -0.4 is 18.9 Å². The highest BCUT2D eigenvalue weighted by Gasteiger charge is 2.14. The smallest absolute Gasteiger partial charge is 0.338 e. The van der Waals surface area contributed by atoms with Gasteiger partial charge in [0.05, 0.1) is 14.2 Å². The summed E-state index contributed by atoms with van der Waals surface area (Å²) in [5.74, 6) is 0.501. The van der Waals surface area contributed by atoms with Gasteiger partial charge in [0.2, 0.25) is 0 Å². The summed E-state index contributed by atoms with van der Waals surface area (Å²) >= 11 is 0. The first-order chi connectivity index (χ1) is 13.7. The first-order valence-corrected chi connectivity index (χ1v) is 8.84. The molecule has 0 bridgehead atoms. The van der Waals surface area contributed by atoms with E-state index in [2.05, 4.69) is 13.2 Å². The number of ether oxygens (including phenoxy) is 4. The SMILES string of the molecule is C=C(C)C(=O)Oc1ccc(Cc2ccc(OC(=O)C(=C)C)c(OC)c2)cc1OC. The maximum absolute atomic E-state index is 11.7. The van der Waals surface area contributed by atoms with Gasteiger partial charge >= 0.3 is 11.9 Å². The molecular formula is C23H24O6. The minimum Gasteiger partial charge on any atom is -0.493 e. The van der Waals surface area contributed by atoms with Crippen molar-refractivity contribution in [1.29, 1.82) is 0 Å². The largest absolute Gasteiger partial charge is 0.493 e. The van der Waals surface area contributed by atoms with E-state index in [4.69, 9.17) is 18.9 Å². The second-order valence-electron chi connectivity index (χ2n) is 6.49. The Kier molecular flexibility index (Phi) is 7.20. The number of rotatable bonds is 8. The number of esters is 2. The lowest BCUT2D eigenvalue weighted by atomic mass is 10.0. The van der Waals surface area contributed by atoms with Crippen molar-refractivity contribution in [3.63, 3.8) is 0 Å². The Balaban J connectivity index is 2.22. The van der Waals surface area contributed by atoms with Crippen molar-refractivity contribution in [2.24, 2.45) is 0 Å². The van der Waals surface area contributed by atoms with Gasteiger partial charge in [-0.3, -0.25) is 0 Å². The molecule has 0 heterocycles. The molecule has 29 heavy (non-hydrogen) atoms. The third-order valence-corrected chi connectivity index (χ3v) is 3.97. The van der Waals surface area contributed by atoms with E-state index in [9.17, 15) is 9.59 Å². The van der Waals surface area contributed by atoms with E-state index in [1.165, 1.54) is 14.2 Å². The normalized spacial score (nSPS) is 10.1. The minimum absolute atomic E-state index is 0.302. The molecular weight excluding hydrogens is 372 g/mol. The number of carbonyl (C=O) groups excluding carboxylic acids is 2. The Morgan fingerprint density at radius 1 is 0.724 bits per heavy atom. The summed E-state index contributed by atoms with van der Waals surface area (Å²) < 4.78 is 21.2. The lowest BCUT2D eigenvalue weighted by Gasteiger charge is -2.13. The summed E-state index contributed by atoms with van der Waals surface area (Å²) in [5, 5.41) is 0. The van der Waals surface area contributed by atoms with Crippen molar-refractivity contribution in [3.8, 4) is 23.0 Å². The summed E-state index contributed by atoms with van der Waals surface area (Å²) in [5.41, 5.74) is 2.47.